The summed E-state index contributed by atoms with van der Waals surface area (Å²) in [7, 11) is 0. The second-order valence-corrected chi connectivity index (χ2v) is 5.94. The molecule has 1 saturated heterocycles. The Morgan fingerprint density at radius 3 is 2.86 bits per heavy atom. The maximum Gasteiger partial charge on any atom is 0.226 e. The summed E-state index contributed by atoms with van der Waals surface area (Å²) in [5, 5.41) is 7.52. The fourth-order valence-electron chi connectivity index (χ4n) is 2.94. The van der Waals surface area contributed by atoms with E-state index in [1.54, 1.807) is 0 Å². The number of rotatable bonds is 5. The first-order chi connectivity index (χ1) is 10.3. The van der Waals surface area contributed by atoms with Crippen LogP contribution in [0, 0.1) is 12.8 Å². The Kier molecular flexibility index (Phi) is 4.65. The maximum atomic E-state index is 5.39. The molecule has 21 heavy (non-hydrogen) atoms. The summed E-state index contributed by atoms with van der Waals surface area (Å²) in [6, 6.07) is 8.35. The number of aromatic nitrogens is 2. The number of hydrogen-bond acceptors (Lipinski definition) is 4. The minimum Gasteiger partial charge on any atom is -0.339 e. The fraction of sp³-hybridized carbons (Fsp3) is 0.529. The second-order valence-electron chi connectivity index (χ2n) is 5.94. The monoisotopic (exact) mass is 285 g/mol. The molecule has 0 amide bonds. The van der Waals surface area contributed by atoms with E-state index in [2.05, 4.69) is 46.6 Å². The van der Waals surface area contributed by atoms with Crippen LogP contribution in [0.2, 0.25) is 0 Å². The van der Waals surface area contributed by atoms with E-state index >= 15 is 0 Å². The van der Waals surface area contributed by atoms with Crippen LogP contribution in [-0.4, -0.2) is 23.2 Å². The first kappa shape index (κ1) is 14.3. The number of nitrogens with one attached hydrogen (secondary N) is 1. The highest BCUT2D eigenvalue weighted by Crippen LogP contribution is 2.18. The molecule has 0 saturated carbocycles. The average molecular weight is 285 g/mol. The van der Waals surface area contributed by atoms with Crippen molar-refractivity contribution in [2.24, 2.45) is 5.92 Å². The minimum atomic E-state index is 0.753. The van der Waals surface area contributed by atoms with Crippen LogP contribution in [0.5, 0.6) is 0 Å². The Morgan fingerprint density at radius 2 is 2.05 bits per heavy atom. The third-order valence-electron chi connectivity index (χ3n) is 4.35. The van der Waals surface area contributed by atoms with Gasteiger partial charge in [0.2, 0.25) is 5.89 Å². The van der Waals surface area contributed by atoms with Gasteiger partial charge in [-0.15, -0.1) is 0 Å². The predicted octanol–water partition coefficient (Wildman–Crippen LogP) is 2.90. The summed E-state index contributed by atoms with van der Waals surface area (Å²) in [6.07, 6.45) is 5.36. The van der Waals surface area contributed by atoms with Crippen molar-refractivity contribution < 1.29 is 4.52 Å². The molecule has 0 unspecified atom stereocenters. The maximum absolute atomic E-state index is 5.39. The highest BCUT2D eigenvalue weighted by Gasteiger charge is 2.15. The summed E-state index contributed by atoms with van der Waals surface area (Å²) >= 11 is 0. The Balaban J connectivity index is 1.55. The van der Waals surface area contributed by atoms with Gasteiger partial charge in [0.05, 0.1) is 0 Å². The lowest BCUT2D eigenvalue weighted by Crippen LogP contribution is -2.27. The predicted molar refractivity (Wildman–Crippen MR) is 82.2 cm³/mol. The third kappa shape index (κ3) is 3.91. The van der Waals surface area contributed by atoms with Crippen LogP contribution in [-0.2, 0) is 12.8 Å². The van der Waals surface area contributed by atoms with Crippen LogP contribution in [0.1, 0.15) is 42.1 Å². The van der Waals surface area contributed by atoms with Gasteiger partial charge in [-0.05, 0) is 56.3 Å². The van der Waals surface area contributed by atoms with Gasteiger partial charge in [-0.3, -0.25) is 0 Å². The zero-order valence-electron chi connectivity index (χ0n) is 12.6. The van der Waals surface area contributed by atoms with E-state index in [-0.39, 0.29) is 0 Å². The molecule has 1 aromatic heterocycles. The molecule has 0 bridgehead atoms. The molecular formula is C17H23N3O. The minimum absolute atomic E-state index is 0.753. The highest BCUT2D eigenvalue weighted by atomic mass is 16.5. The largest absolute Gasteiger partial charge is 0.339 e. The molecular weight excluding hydrogens is 262 g/mol. The molecule has 0 aliphatic carbocycles. The van der Waals surface area contributed by atoms with Crippen molar-refractivity contribution in [2.45, 2.75) is 39.0 Å². The molecule has 1 aliphatic rings. The quantitative estimate of drug-likeness (QED) is 0.917. The van der Waals surface area contributed by atoms with E-state index in [4.69, 9.17) is 4.52 Å². The molecule has 0 radical (unpaired) electrons. The highest BCUT2D eigenvalue weighted by molar-refractivity contribution is 5.27. The molecule has 2 heterocycles. The van der Waals surface area contributed by atoms with Crippen molar-refractivity contribution in [1.29, 1.82) is 0 Å². The normalized spacial score (nSPS) is 16.2. The van der Waals surface area contributed by atoms with E-state index < -0.39 is 0 Å². The average Bonchev–Trinajstić information content (AvgIpc) is 2.96. The van der Waals surface area contributed by atoms with Crippen LogP contribution in [0.15, 0.2) is 28.8 Å². The van der Waals surface area contributed by atoms with Crippen molar-refractivity contribution in [2.75, 3.05) is 13.1 Å². The third-order valence-corrected chi connectivity index (χ3v) is 4.35. The van der Waals surface area contributed by atoms with Crippen LogP contribution < -0.4 is 5.32 Å². The molecule has 112 valence electrons. The van der Waals surface area contributed by atoms with Crippen LogP contribution in [0.3, 0.4) is 0 Å². The number of piperidine rings is 1. The second kappa shape index (κ2) is 6.85. The van der Waals surface area contributed by atoms with E-state index in [0.29, 0.717) is 0 Å². The summed E-state index contributed by atoms with van der Waals surface area (Å²) in [5.74, 6) is 2.39. The van der Waals surface area contributed by atoms with Gasteiger partial charge in [-0.1, -0.05) is 29.4 Å². The van der Waals surface area contributed by atoms with Gasteiger partial charge in [0.25, 0.3) is 0 Å². The lowest BCUT2D eigenvalue weighted by atomic mass is 9.93. The molecule has 3 rings (SSSR count). The van der Waals surface area contributed by atoms with Gasteiger partial charge in [-0.25, -0.2) is 0 Å². The number of hydrogen-bond donors (Lipinski definition) is 1. The topological polar surface area (TPSA) is 51.0 Å². The van der Waals surface area contributed by atoms with Crippen molar-refractivity contribution in [3.05, 3.63) is 47.1 Å². The van der Waals surface area contributed by atoms with Gasteiger partial charge in [0.1, 0.15) is 0 Å². The molecule has 0 atom stereocenters. The van der Waals surface area contributed by atoms with Crippen LogP contribution in [0.4, 0.5) is 0 Å². The SMILES string of the molecule is Cc1ccccc1Cc1noc(CCC2CCNCC2)n1. The van der Waals surface area contributed by atoms with E-state index in [0.717, 1.165) is 50.0 Å². The zero-order chi connectivity index (χ0) is 14.5. The summed E-state index contributed by atoms with van der Waals surface area (Å²) < 4.78 is 5.39. The van der Waals surface area contributed by atoms with Crippen molar-refractivity contribution in [1.82, 2.24) is 15.5 Å². The molecule has 2 aromatic rings. The molecule has 0 spiro atoms. The molecule has 1 aliphatic heterocycles. The van der Waals surface area contributed by atoms with Crippen molar-refractivity contribution in [3.63, 3.8) is 0 Å². The van der Waals surface area contributed by atoms with Gasteiger partial charge < -0.3 is 9.84 Å². The van der Waals surface area contributed by atoms with Crippen molar-refractivity contribution in [3.8, 4) is 0 Å². The van der Waals surface area contributed by atoms with E-state index in [9.17, 15) is 0 Å². The van der Waals surface area contributed by atoms with Crippen LogP contribution >= 0.6 is 0 Å². The van der Waals surface area contributed by atoms with Gasteiger partial charge in [0.15, 0.2) is 5.82 Å². The van der Waals surface area contributed by atoms with E-state index in [1.807, 2.05) is 0 Å². The Hall–Kier alpha value is -1.68. The van der Waals surface area contributed by atoms with Crippen molar-refractivity contribution >= 4 is 0 Å². The molecule has 1 fully saturated rings. The molecule has 4 heteroatoms. The van der Waals surface area contributed by atoms with Crippen LogP contribution in [0.25, 0.3) is 0 Å². The summed E-state index contributed by atoms with van der Waals surface area (Å²) in [4.78, 5) is 4.54. The zero-order valence-corrected chi connectivity index (χ0v) is 12.6. The lowest BCUT2D eigenvalue weighted by Gasteiger charge is -2.21. The summed E-state index contributed by atoms with van der Waals surface area (Å²) in [5.41, 5.74) is 2.54. The first-order valence-corrected chi connectivity index (χ1v) is 7.88. The number of aryl methyl sites for hydroxylation is 2. The number of benzene rings is 1. The first-order valence-electron chi connectivity index (χ1n) is 7.88. The fourth-order valence-corrected chi connectivity index (χ4v) is 2.94. The van der Waals surface area contributed by atoms with Gasteiger partial charge >= 0.3 is 0 Å². The Labute approximate surface area is 126 Å². The standard InChI is InChI=1S/C17H23N3O/c1-13-4-2-3-5-15(13)12-16-19-17(21-20-16)7-6-14-8-10-18-11-9-14/h2-5,14,18H,6-12H2,1H3. The number of nitrogens with zero attached hydrogens (tertiary/aromatic N) is 2. The smallest absolute Gasteiger partial charge is 0.226 e. The lowest BCUT2D eigenvalue weighted by molar-refractivity contribution is 0.323. The molecule has 1 aromatic carbocycles. The van der Waals surface area contributed by atoms with Gasteiger partial charge in [-0.2, -0.15) is 4.98 Å². The molecule has 4 nitrogen and oxygen atoms in total. The Morgan fingerprint density at radius 1 is 1.24 bits per heavy atom. The summed E-state index contributed by atoms with van der Waals surface area (Å²) in [6.45, 7) is 4.41. The Bertz CT molecular complexity index is 573. The molecule has 1 N–H and O–H groups in total. The van der Waals surface area contributed by atoms with E-state index in [1.165, 1.54) is 24.0 Å². The van der Waals surface area contributed by atoms with Gasteiger partial charge in [0, 0.05) is 12.8 Å².